The first-order valence-corrected chi connectivity index (χ1v) is 11.1. The fourth-order valence-electron chi connectivity index (χ4n) is 3.76. The molecule has 0 aliphatic carbocycles. The van der Waals surface area contributed by atoms with Crippen LogP contribution < -0.4 is 10.6 Å². The van der Waals surface area contributed by atoms with E-state index in [0.29, 0.717) is 6.42 Å². The monoisotopic (exact) mass is 422 g/mol. The number of likely N-dealkylation sites (N-methyl/N-ethyl adjacent to an activating group) is 1. The zero-order chi connectivity index (χ0) is 22.2. The third-order valence-electron chi connectivity index (χ3n) is 5.49. The molecule has 1 aliphatic heterocycles. The van der Waals surface area contributed by atoms with Gasteiger partial charge in [0.05, 0.1) is 0 Å². The van der Waals surface area contributed by atoms with Crippen molar-refractivity contribution >= 4 is 17.5 Å². The van der Waals surface area contributed by atoms with E-state index in [-0.39, 0.29) is 17.7 Å². The van der Waals surface area contributed by atoms with E-state index in [1.165, 1.54) is 5.56 Å². The van der Waals surface area contributed by atoms with Crippen molar-refractivity contribution in [3.8, 4) is 0 Å². The van der Waals surface area contributed by atoms with Crippen molar-refractivity contribution in [1.82, 2.24) is 15.1 Å². The van der Waals surface area contributed by atoms with Crippen molar-refractivity contribution in [1.29, 1.82) is 0 Å². The van der Waals surface area contributed by atoms with E-state index in [1.54, 1.807) is 0 Å². The quantitative estimate of drug-likeness (QED) is 0.685. The summed E-state index contributed by atoms with van der Waals surface area (Å²) < 4.78 is 0. The Morgan fingerprint density at radius 1 is 0.968 bits per heavy atom. The Morgan fingerprint density at radius 3 is 2.35 bits per heavy atom. The topological polar surface area (TPSA) is 64.7 Å². The lowest BCUT2D eigenvalue weighted by molar-refractivity contribution is -0.127. The molecule has 1 fully saturated rings. The molecule has 0 radical (unpaired) electrons. The summed E-state index contributed by atoms with van der Waals surface area (Å²) in [5, 5.41) is 5.91. The van der Waals surface area contributed by atoms with E-state index >= 15 is 0 Å². The molecule has 1 atom stereocenters. The van der Waals surface area contributed by atoms with E-state index in [0.717, 1.165) is 44.0 Å². The number of carbonyl (C=O) groups is 2. The number of rotatable bonds is 8. The average molecular weight is 423 g/mol. The molecule has 0 saturated carbocycles. The van der Waals surface area contributed by atoms with Gasteiger partial charge in [-0.25, -0.2) is 0 Å². The SMILES string of the molecule is CC(C)CC(=O)NC(C(=O)Nc1cccc(CN2CCN(C)CC2)c1)c1ccccc1. The number of anilines is 1. The lowest BCUT2D eigenvalue weighted by Gasteiger charge is -2.32. The van der Waals surface area contributed by atoms with Gasteiger partial charge in [0, 0.05) is 44.8 Å². The second-order valence-corrected chi connectivity index (χ2v) is 8.78. The van der Waals surface area contributed by atoms with Gasteiger partial charge in [0.15, 0.2) is 0 Å². The van der Waals surface area contributed by atoms with Gasteiger partial charge >= 0.3 is 0 Å². The van der Waals surface area contributed by atoms with Crippen LogP contribution in [0.4, 0.5) is 5.69 Å². The van der Waals surface area contributed by atoms with Gasteiger partial charge in [-0.05, 0) is 36.2 Å². The van der Waals surface area contributed by atoms with Gasteiger partial charge in [0.1, 0.15) is 6.04 Å². The Morgan fingerprint density at radius 2 is 1.68 bits per heavy atom. The lowest BCUT2D eigenvalue weighted by atomic mass is 10.0. The number of piperazine rings is 1. The van der Waals surface area contributed by atoms with E-state index in [9.17, 15) is 9.59 Å². The standard InChI is InChI=1S/C25H34N4O2/c1-19(2)16-23(30)27-24(21-9-5-4-6-10-21)25(31)26-22-11-7-8-20(17-22)18-29-14-12-28(3)13-15-29/h4-11,17,19,24H,12-16,18H2,1-3H3,(H,26,31)(H,27,30). The second-order valence-electron chi connectivity index (χ2n) is 8.78. The van der Waals surface area contributed by atoms with Crippen LogP contribution in [0.3, 0.4) is 0 Å². The molecule has 1 saturated heterocycles. The van der Waals surface area contributed by atoms with Crippen molar-refractivity contribution in [3.63, 3.8) is 0 Å². The maximum atomic E-state index is 13.1. The molecule has 0 aromatic heterocycles. The van der Waals surface area contributed by atoms with Crippen LogP contribution >= 0.6 is 0 Å². The summed E-state index contributed by atoms with van der Waals surface area (Å²) in [6.07, 6.45) is 0.386. The number of hydrogen-bond donors (Lipinski definition) is 2. The lowest BCUT2D eigenvalue weighted by Crippen LogP contribution is -2.43. The molecular weight excluding hydrogens is 388 g/mol. The van der Waals surface area contributed by atoms with Crippen LogP contribution in [0.5, 0.6) is 0 Å². The molecule has 1 aliphatic rings. The fourth-order valence-corrected chi connectivity index (χ4v) is 3.76. The maximum absolute atomic E-state index is 13.1. The average Bonchev–Trinajstić information content (AvgIpc) is 2.74. The molecule has 6 nitrogen and oxygen atoms in total. The summed E-state index contributed by atoms with van der Waals surface area (Å²) in [5.41, 5.74) is 2.68. The van der Waals surface area contributed by atoms with E-state index in [1.807, 2.05) is 62.4 Å². The highest BCUT2D eigenvalue weighted by atomic mass is 16.2. The fraction of sp³-hybridized carbons (Fsp3) is 0.440. The normalized spacial score (nSPS) is 16.1. The van der Waals surface area contributed by atoms with Gasteiger partial charge in [0.2, 0.25) is 5.91 Å². The Hall–Kier alpha value is -2.70. The highest BCUT2D eigenvalue weighted by molar-refractivity contribution is 5.97. The minimum absolute atomic E-state index is 0.122. The Balaban J connectivity index is 1.68. The van der Waals surface area contributed by atoms with Crippen LogP contribution in [0, 0.1) is 5.92 Å². The van der Waals surface area contributed by atoms with Gasteiger partial charge in [0.25, 0.3) is 5.91 Å². The Bertz CT molecular complexity index is 861. The molecule has 0 bridgehead atoms. The number of benzene rings is 2. The third kappa shape index (κ3) is 7.19. The van der Waals surface area contributed by atoms with Crippen LogP contribution in [0.25, 0.3) is 0 Å². The molecule has 1 heterocycles. The minimum atomic E-state index is -0.728. The molecule has 166 valence electrons. The smallest absolute Gasteiger partial charge is 0.251 e. The van der Waals surface area contributed by atoms with Crippen molar-refractivity contribution in [3.05, 3.63) is 65.7 Å². The van der Waals surface area contributed by atoms with Gasteiger partial charge in [-0.3, -0.25) is 14.5 Å². The number of nitrogens with zero attached hydrogens (tertiary/aromatic N) is 2. The minimum Gasteiger partial charge on any atom is -0.341 e. The van der Waals surface area contributed by atoms with Gasteiger partial charge in [-0.15, -0.1) is 0 Å². The van der Waals surface area contributed by atoms with Gasteiger partial charge < -0.3 is 15.5 Å². The molecule has 2 amide bonds. The van der Waals surface area contributed by atoms with Crippen LogP contribution in [0.2, 0.25) is 0 Å². The van der Waals surface area contributed by atoms with E-state index in [2.05, 4.69) is 33.5 Å². The number of carbonyl (C=O) groups excluding carboxylic acids is 2. The van der Waals surface area contributed by atoms with Gasteiger partial charge in [-0.1, -0.05) is 56.3 Å². The van der Waals surface area contributed by atoms with Crippen LogP contribution in [0.1, 0.15) is 37.4 Å². The highest BCUT2D eigenvalue weighted by Crippen LogP contribution is 2.19. The van der Waals surface area contributed by atoms with Crippen molar-refractivity contribution < 1.29 is 9.59 Å². The summed E-state index contributed by atoms with van der Waals surface area (Å²) in [6.45, 7) is 9.09. The van der Waals surface area contributed by atoms with Crippen molar-refractivity contribution in [2.75, 3.05) is 38.5 Å². The molecule has 2 aromatic rings. The highest BCUT2D eigenvalue weighted by Gasteiger charge is 2.23. The molecule has 6 heteroatoms. The molecule has 1 unspecified atom stereocenters. The number of nitrogens with one attached hydrogen (secondary N) is 2. The molecular formula is C25H34N4O2. The Kier molecular flexibility index (Phi) is 8.20. The largest absolute Gasteiger partial charge is 0.341 e. The number of hydrogen-bond acceptors (Lipinski definition) is 4. The molecule has 3 rings (SSSR count). The Labute approximate surface area is 185 Å². The zero-order valence-corrected chi connectivity index (χ0v) is 18.8. The summed E-state index contributed by atoms with van der Waals surface area (Å²) in [7, 11) is 2.15. The van der Waals surface area contributed by atoms with Crippen molar-refractivity contribution in [2.45, 2.75) is 32.9 Å². The summed E-state index contributed by atoms with van der Waals surface area (Å²) in [4.78, 5) is 30.3. The summed E-state index contributed by atoms with van der Waals surface area (Å²) in [6, 6.07) is 16.6. The first-order valence-electron chi connectivity index (χ1n) is 11.1. The number of amides is 2. The third-order valence-corrected chi connectivity index (χ3v) is 5.49. The molecule has 2 N–H and O–H groups in total. The van der Waals surface area contributed by atoms with Crippen LogP contribution in [-0.2, 0) is 16.1 Å². The van der Waals surface area contributed by atoms with Crippen LogP contribution in [-0.4, -0.2) is 54.8 Å². The van der Waals surface area contributed by atoms with Crippen molar-refractivity contribution in [2.24, 2.45) is 5.92 Å². The first-order chi connectivity index (χ1) is 14.9. The zero-order valence-electron chi connectivity index (χ0n) is 18.8. The molecule has 0 spiro atoms. The summed E-state index contributed by atoms with van der Waals surface area (Å²) in [5.74, 6) is -0.131. The van der Waals surface area contributed by atoms with E-state index in [4.69, 9.17) is 0 Å². The summed E-state index contributed by atoms with van der Waals surface area (Å²) >= 11 is 0. The molecule has 2 aromatic carbocycles. The second kappa shape index (κ2) is 11.1. The predicted molar refractivity (Wildman–Crippen MR) is 125 cm³/mol. The first kappa shape index (κ1) is 23.0. The predicted octanol–water partition coefficient (Wildman–Crippen LogP) is 3.28. The van der Waals surface area contributed by atoms with E-state index < -0.39 is 6.04 Å². The molecule has 31 heavy (non-hydrogen) atoms. The van der Waals surface area contributed by atoms with Crippen LogP contribution in [0.15, 0.2) is 54.6 Å². The maximum Gasteiger partial charge on any atom is 0.251 e. The van der Waals surface area contributed by atoms with Gasteiger partial charge in [-0.2, -0.15) is 0 Å².